The Labute approximate surface area is 101 Å². The molecule has 2 N–H and O–H groups in total. The highest BCUT2D eigenvalue weighted by atomic mass is 16.2. The molecule has 2 heterocycles. The van der Waals surface area contributed by atoms with Crippen LogP contribution in [0, 0.1) is 0 Å². The molecule has 0 atom stereocenters. The molecule has 0 fully saturated rings. The molecule has 8 nitrogen and oxygen atoms in total. The van der Waals surface area contributed by atoms with Crippen LogP contribution in [-0.4, -0.2) is 24.6 Å². The molecule has 0 unspecified atom stereocenters. The largest absolute Gasteiger partial charge is 0.370 e. The summed E-state index contributed by atoms with van der Waals surface area (Å²) in [6.07, 6.45) is 1.53. The number of amides is 1. The number of nitrogens with zero attached hydrogens (tertiary/aromatic N) is 4. The summed E-state index contributed by atoms with van der Waals surface area (Å²) < 4.78 is 3.82. The van der Waals surface area contributed by atoms with Crippen molar-refractivity contribution >= 4 is 17.1 Å². The van der Waals surface area contributed by atoms with E-state index in [4.69, 9.17) is 5.73 Å². The molecule has 0 aliphatic heterocycles. The Hall–Kier alpha value is -2.38. The highest BCUT2D eigenvalue weighted by molar-refractivity contribution is 5.74. The van der Waals surface area contributed by atoms with E-state index in [1.807, 2.05) is 0 Å². The number of primary amides is 1. The van der Waals surface area contributed by atoms with Gasteiger partial charge in [-0.2, -0.15) is 0 Å². The molecule has 0 radical (unpaired) electrons. The number of nitrogens with two attached hydrogens (primary N) is 1. The van der Waals surface area contributed by atoms with Gasteiger partial charge in [0.25, 0.3) is 5.56 Å². The molecular weight excluding hydrogens is 238 g/mol. The molecule has 0 spiro atoms. The maximum absolute atomic E-state index is 12.0. The average molecular weight is 251 g/mol. The predicted molar refractivity (Wildman–Crippen MR) is 64.0 cm³/mol. The Bertz CT molecular complexity index is 736. The second-order valence-corrected chi connectivity index (χ2v) is 4.03. The van der Waals surface area contributed by atoms with E-state index in [0.717, 1.165) is 4.57 Å². The second-order valence-electron chi connectivity index (χ2n) is 4.03. The van der Waals surface area contributed by atoms with Gasteiger partial charge < -0.3 is 10.3 Å². The minimum atomic E-state index is -0.460. The van der Waals surface area contributed by atoms with Crippen molar-refractivity contribution < 1.29 is 4.79 Å². The van der Waals surface area contributed by atoms with Gasteiger partial charge in [-0.25, -0.2) is 9.78 Å². The van der Waals surface area contributed by atoms with E-state index < -0.39 is 17.2 Å². The lowest BCUT2D eigenvalue weighted by Crippen LogP contribution is -2.37. The van der Waals surface area contributed by atoms with Crippen LogP contribution in [-0.2, 0) is 25.4 Å². The van der Waals surface area contributed by atoms with Crippen LogP contribution in [0.1, 0.15) is 6.42 Å². The molecule has 0 saturated carbocycles. The van der Waals surface area contributed by atoms with Gasteiger partial charge in [-0.1, -0.05) is 0 Å². The molecule has 2 aromatic rings. The summed E-state index contributed by atoms with van der Waals surface area (Å²) in [5.41, 5.74) is 4.78. The fourth-order valence-electron chi connectivity index (χ4n) is 1.80. The maximum atomic E-state index is 12.0. The van der Waals surface area contributed by atoms with E-state index in [1.165, 1.54) is 29.6 Å². The van der Waals surface area contributed by atoms with Crippen LogP contribution in [0.15, 0.2) is 15.9 Å². The van der Waals surface area contributed by atoms with Gasteiger partial charge in [0.05, 0.1) is 6.33 Å². The highest BCUT2D eigenvalue weighted by Crippen LogP contribution is 2.05. The molecule has 2 rings (SSSR count). The molecule has 2 aromatic heterocycles. The van der Waals surface area contributed by atoms with Crippen LogP contribution in [0.3, 0.4) is 0 Å². The van der Waals surface area contributed by atoms with Crippen LogP contribution in [0.5, 0.6) is 0 Å². The zero-order valence-electron chi connectivity index (χ0n) is 10.1. The molecule has 0 bridgehead atoms. The zero-order valence-corrected chi connectivity index (χ0v) is 10.1. The molecule has 1 amide bonds. The minimum absolute atomic E-state index is 0.109. The van der Waals surface area contributed by atoms with Crippen LogP contribution in [0.25, 0.3) is 11.2 Å². The molecule has 0 aliphatic carbocycles. The number of aryl methyl sites for hydroxylation is 2. The third-order valence-corrected chi connectivity index (χ3v) is 2.82. The number of fused-ring (bicyclic) bond motifs is 1. The normalized spacial score (nSPS) is 11.0. The summed E-state index contributed by atoms with van der Waals surface area (Å²) in [6.45, 7) is 0.263. The number of carbonyl (C=O) groups excluding carboxylic acids is 1. The monoisotopic (exact) mass is 251 g/mol. The quantitative estimate of drug-likeness (QED) is 0.702. The van der Waals surface area contributed by atoms with Gasteiger partial charge in [0.2, 0.25) is 5.91 Å². The smallest absolute Gasteiger partial charge is 0.332 e. The fraction of sp³-hybridized carbons (Fsp3) is 0.400. The standard InChI is InChI=1S/C10H13N5O3/c1-13-8-7(9(17)14(2)10(13)18)15(5-12-8)4-3-6(11)16/h5H,3-4H2,1-2H3,(H2,11,16). The van der Waals surface area contributed by atoms with Gasteiger partial charge in [-0.15, -0.1) is 0 Å². The highest BCUT2D eigenvalue weighted by Gasteiger charge is 2.14. The van der Waals surface area contributed by atoms with E-state index in [9.17, 15) is 14.4 Å². The van der Waals surface area contributed by atoms with Crippen molar-refractivity contribution in [2.45, 2.75) is 13.0 Å². The number of imidazole rings is 1. The van der Waals surface area contributed by atoms with Gasteiger partial charge in [-0.3, -0.25) is 18.7 Å². The van der Waals surface area contributed by atoms with Gasteiger partial charge in [0.1, 0.15) is 0 Å². The Morgan fingerprint density at radius 3 is 2.61 bits per heavy atom. The Morgan fingerprint density at radius 2 is 2.00 bits per heavy atom. The first-order chi connectivity index (χ1) is 8.43. The number of hydrogen-bond donors (Lipinski definition) is 1. The van der Waals surface area contributed by atoms with E-state index in [2.05, 4.69) is 4.98 Å². The van der Waals surface area contributed by atoms with E-state index in [-0.39, 0.29) is 13.0 Å². The van der Waals surface area contributed by atoms with E-state index in [1.54, 1.807) is 0 Å². The van der Waals surface area contributed by atoms with Crippen LogP contribution < -0.4 is 17.0 Å². The van der Waals surface area contributed by atoms with Gasteiger partial charge in [0, 0.05) is 27.1 Å². The van der Waals surface area contributed by atoms with Crippen molar-refractivity contribution in [3.63, 3.8) is 0 Å². The van der Waals surface area contributed by atoms with Gasteiger partial charge >= 0.3 is 5.69 Å². The number of hydrogen-bond acceptors (Lipinski definition) is 4. The summed E-state index contributed by atoms with van der Waals surface area (Å²) in [6, 6.07) is 0. The van der Waals surface area contributed by atoms with E-state index >= 15 is 0 Å². The number of carbonyl (C=O) groups is 1. The van der Waals surface area contributed by atoms with Gasteiger partial charge in [-0.05, 0) is 0 Å². The first kappa shape index (κ1) is 12.1. The number of aromatic nitrogens is 4. The molecule has 0 aromatic carbocycles. The Morgan fingerprint density at radius 1 is 1.33 bits per heavy atom. The van der Waals surface area contributed by atoms with Gasteiger partial charge in [0.15, 0.2) is 11.2 Å². The minimum Gasteiger partial charge on any atom is -0.370 e. The lowest BCUT2D eigenvalue weighted by Gasteiger charge is -2.05. The topological polar surface area (TPSA) is 105 Å². The number of rotatable bonds is 3. The first-order valence-electron chi connectivity index (χ1n) is 5.32. The second kappa shape index (κ2) is 4.13. The van der Waals surface area contributed by atoms with E-state index in [0.29, 0.717) is 11.2 Å². The van der Waals surface area contributed by atoms with Crippen LogP contribution >= 0.6 is 0 Å². The van der Waals surface area contributed by atoms with Crippen LogP contribution in [0.4, 0.5) is 0 Å². The molecule has 96 valence electrons. The Kier molecular flexibility index (Phi) is 2.77. The van der Waals surface area contributed by atoms with Crippen molar-refractivity contribution in [2.75, 3.05) is 0 Å². The zero-order chi connectivity index (χ0) is 13.4. The Balaban J connectivity index is 2.70. The lowest BCUT2D eigenvalue weighted by atomic mass is 10.4. The average Bonchev–Trinajstić information content (AvgIpc) is 2.75. The molecular formula is C10H13N5O3. The molecule has 18 heavy (non-hydrogen) atoms. The van der Waals surface area contributed by atoms with Crippen molar-refractivity contribution in [1.29, 1.82) is 0 Å². The molecule has 0 saturated heterocycles. The fourth-order valence-corrected chi connectivity index (χ4v) is 1.80. The molecule has 8 heteroatoms. The molecule has 0 aliphatic rings. The summed E-state index contributed by atoms with van der Waals surface area (Å²) in [5.74, 6) is -0.460. The summed E-state index contributed by atoms with van der Waals surface area (Å²) in [5, 5.41) is 0. The third-order valence-electron chi connectivity index (χ3n) is 2.82. The maximum Gasteiger partial charge on any atom is 0.332 e. The van der Waals surface area contributed by atoms with Crippen molar-refractivity contribution in [3.05, 3.63) is 27.2 Å². The van der Waals surface area contributed by atoms with Crippen molar-refractivity contribution in [3.8, 4) is 0 Å². The summed E-state index contributed by atoms with van der Waals surface area (Å²) >= 11 is 0. The van der Waals surface area contributed by atoms with Crippen molar-refractivity contribution in [2.24, 2.45) is 19.8 Å². The SMILES string of the molecule is Cn1c(=O)c2c(ncn2CCC(N)=O)n(C)c1=O. The third kappa shape index (κ3) is 1.71. The van der Waals surface area contributed by atoms with Crippen molar-refractivity contribution in [1.82, 2.24) is 18.7 Å². The summed E-state index contributed by atoms with van der Waals surface area (Å²) in [4.78, 5) is 38.5. The predicted octanol–water partition coefficient (Wildman–Crippen LogP) is -1.69. The summed E-state index contributed by atoms with van der Waals surface area (Å²) in [7, 11) is 2.94. The van der Waals surface area contributed by atoms with Crippen LogP contribution in [0.2, 0.25) is 0 Å². The first-order valence-corrected chi connectivity index (χ1v) is 5.32. The lowest BCUT2D eigenvalue weighted by molar-refractivity contribution is -0.118.